The number of benzene rings is 7. The van der Waals surface area contributed by atoms with Gasteiger partial charge in [-0.2, -0.15) is 8.42 Å². The van der Waals surface area contributed by atoms with E-state index in [0.717, 1.165) is 101 Å². The fourth-order valence-corrected chi connectivity index (χ4v) is 19.1. The minimum absolute atomic E-state index is 0. The van der Waals surface area contributed by atoms with E-state index >= 15 is 0 Å². The van der Waals surface area contributed by atoms with Crippen molar-refractivity contribution >= 4 is 159 Å². The molecule has 7 aromatic carbocycles. The van der Waals surface area contributed by atoms with Crippen LogP contribution in [0.1, 0.15) is 92.3 Å². The molecule has 0 spiro atoms. The Morgan fingerprint density at radius 1 is 0.380 bits per heavy atom. The molecule has 0 radical (unpaired) electrons. The first kappa shape index (κ1) is 90.0. The Labute approximate surface area is 738 Å². The molecule has 36 heteroatoms. The van der Waals surface area contributed by atoms with Gasteiger partial charge in [0.1, 0.15) is 20.0 Å². The van der Waals surface area contributed by atoms with E-state index < -0.39 is 25.1 Å². The molecule has 4 atom stereocenters. The molecule has 620 valence electrons. The van der Waals surface area contributed by atoms with Gasteiger partial charge in [-0.25, -0.2) is 29.5 Å². The highest BCUT2D eigenvalue weighted by molar-refractivity contribution is 8.93. The van der Waals surface area contributed by atoms with Crippen molar-refractivity contribution in [1.29, 1.82) is 0 Å². The lowest BCUT2D eigenvalue weighted by Crippen LogP contribution is -2.38. The van der Waals surface area contributed by atoms with Crippen LogP contribution < -0.4 is 37.0 Å². The second kappa shape index (κ2) is 45.0. The van der Waals surface area contributed by atoms with Crippen LogP contribution in [0, 0.1) is 30.3 Å². The average molecular weight is 1860 g/mol. The van der Waals surface area contributed by atoms with Crippen molar-refractivity contribution in [2.75, 3.05) is 4.72 Å². The predicted octanol–water partition coefficient (Wildman–Crippen LogP) is 20.8. The molecule has 15 aromatic rings. The molecule has 9 N–H and O–H groups in total. The van der Waals surface area contributed by atoms with Gasteiger partial charge in [-0.1, -0.05) is 164 Å². The van der Waals surface area contributed by atoms with Crippen LogP contribution in [0.4, 0.5) is 32.3 Å². The molecule has 0 aliphatic carbocycles. The minimum Gasteiger partial charge on any atom is -0.347 e. The Morgan fingerprint density at radius 2 is 0.686 bits per heavy atom. The monoisotopic (exact) mass is 1850 g/mol. The maximum atomic E-state index is 12.8. The number of halogens is 1. The number of rotatable bonds is 31. The third kappa shape index (κ3) is 28.2. The third-order valence-corrected chi connectivity index (χ3v) is 26.0. The van der Waals surface area contributed by atoms with Crippen LogP contribution in [0.5, 0.6) is 0 Å². The second-order valence-corrected chi connectivity index (χ2v) is 34.9. The van der Waals surface area contributed by atoms with E-state index in [1.165, 1.54) is 70.4 Å². The van der Waals surface area contributed by atoms with Gasteiger partial charge in [-0.05, 0) is 129 Å². The van der Waals surface area contributed by atoms with Gasteiger partial charge in [0.05, 0.1) is 86.9 Å². The number of amides is 5. The highest BCUT2D eigenvalue weighted by atomic mass is 79.9. The van der Waals surface area contributed by atoms with Crippen LogP contribution in [-0.2, 0) is 60.3 Å². The summed E-state index contributed by atoms with van der Waals surface area (Å²) in [6, 6.07) is 69.1. The maximum Gasteiger partial charge on any atom is 0.357 e. The van der Waals surface area contributed by atoms with Gasteiger partial charge in [0.15, 0.2) is 0 Å². The fourth-order valence-electron chi connectivity index (χ4n) is 11.9. The highest BCUT2D eigenvalue weighted by Gasteiger charge is 2.25. The maximum absolute atomic E-state index is 12.8. The van der Waals surface area contributed by atoms with Crippen molar-refractivity contribution in [3.8, 4) is 39.5 Å². The number of anilines is 1. The van der Waals surface area contributed by atoms with Crippen molar-refractivity contribution in [3.63, 3.8) is 0 Å². The lowest BCUT2D eigenvalue weighted by atomic mass is 10.0. The summed E-state index contributed by atoms with van der Waals surface area (Å²) in [6.07, 6.45) is 3.02. The standard InChI is InChI=1S/C24H23N3O4S3.2C23H20N4O3S2.C15H13N3O2S2.BrH/c28-23(13-10-17-5-2-1-3-6-17)25-20(21-16-33-24(26-21)22-7-4-14-32-22)15-18-8-11-19(12-9-18)27-34(29,30)31;2*28-23(24-14-17-5-2-1-3-6-17)26-19(13-16-8-10-18(11-9-16)27(29)30)20-15-32-22(25-20)21-7-4-12-31-21;16-12(8-10-3-5-11(6-4-10)18(19)20)13-9-22-15(17-13)14-2-1-7-21-14;/h1-9,11-12,14,16,20,27H,10,13,15H2,(H,25,28)(H,29,30,31);2*1-12,15,19H,13-14H2,(H2,24,26,28);1-7,9,12H,8,16H2;1H/t20-;2*19-;12-;/m0000./s1. The molecule has 8 aromatic heterocycles. The van der Waals surface area contributed by atoms with Crippen molar-refractivity contribution in [2.24, 2.45) is 5.73 Å². The van der Waals surface area contributed by atoms with Crippen LogP contribution in [0.3, 0.4) is 0 Å². The molecular formula is C85H77BrN14O12S9. The van der Waals surface area contributed by atoms with Gasteiger partial charge in [-0.15, -0.1) is 108 Å². The molecule has 5 amide bonds. The normalized spacial score (nSPS) is 11.8. The summed E-state index contributed by atoms with van der Waals surface area (Å²) in [5, 5.41) is 67.0. The molecule has 0 bridgehead atoms. The molecule has 8 heterocycles. The number of thiazole rings is 4. The Morgan fingerprint density at radius 3 is 1.01 bits per heavy atom. The number of aryl methyl sites for hydroxylation is 1. The Bertz CT molecular complexity index is 5690. The van der Waals surface area contributed by atoms with Crippen LogP contribution in [0.25, 0.3) is 39.5 Å². The van der Waals surface area contributed by atoms with Crippen LogP contribution in [-0.4, -0.2) is 65.6 Å². The van der Waals surface area contributed by atoms with E-state index in [1.807, 2.05) is 187 Å². The summed E-state index contributed by atoms with van der Waals surface area (Å²) >= 11 is 12.7. The number of carbonyl (C=O) groups is 3. The number of nitrogens with two attached hydrogens (primary N) is 1. The number of urea groups is 2. The van der Waals surface area contributed by atoms with Crippen molar-refractivity contribution in [1.82, 2.24) is 46.5 Å². The molecule has 121 heavy (non-hydrogen) atoms. The summed E-state index contributed by atoms with van der Waals surface area (Å²) in [5.41, 5.74) is 16.5. The van der Waals surface area contributed by atoms with Crippen LogP contribution >= 0.6 is 108 Å². The molecule has 0 aliphatic heterocycles. The van der Waals surface area contributed by atoms with Crippen molar-refractivity contribution in [3.05, 3.63) is 372 Å². The van der Waals surface area contributed by atoms with E-state index in [1.54, 1.807) is 117 Å². The minimum atomic E-state index is -4.33. The predicted molar refractivity (Wildman–Crippen MR) is 489 cm³/mol. The molecule has 15 rings (SSSR count). The number of hydrogen-bond donors (Lipinski definition) is 8. The lowest BCUT2D eigenvalue weighted by molar-refractivity contribution is -0.385. The molecule has 0 fully saturated rings. The zero-order chi connectivity index (χ0) is 84.2. The first-order valence-electron chi connectivity index (χ1n) is 36.9. The van der Waals surface area contributed by atoms with Crippen molar-refractivity contribution in [2.45, 2.75) is 75.8 Å². The molecule has 26 nitrogen and oxygen atoms in total. The number of aromatic nitrogens is 4. The van der Waals surface area contributed by atoms with Crippen molar-refractivity contribution < 1.29 is 42.1 Å². The van der Waals surface area contributed by atoms with Gasteiger partial charge in [-0.3, -0.25) is 44.4 Å². The average Bonchev–Trinajstić information content (AvgIpc) is 1.73. The molecule has 0 unspecified atom stereocenters. The van der Waals surface area contributed by atoms with Crippen LogP contribution in [0.2, 0.25) is 0 Å². The highest BCUT2D eigenvalue weighted by Crippen LogP contribution is 2.36. The van der Waals surface area contributed by atoms with Gasteiger partial charge < -0.3 is 32.3 Å². The van der Waals surface area contributed by atoms with E-state index in [0.29, 0.717) is 51.6 Å². The summed E-state index contributed by atoms with van der Waals surface area (Å²) in [5.74, 6) is -0.0656. The number of nitro groups is 3. The van der Waals surface area contributed by atoms with E-state index in [9.17, 15) is 53.1 Å². The Balaban J connectivity index is 0.000000159. The summed E-state index contributed by atoms with van der Waals surface area (Å²) < 4.78 is 33.0. The van der Waals surface area contributed by atoms with Gasteiger partial charge in [0, 0.05) is 77.4 Å². The summed E-state index contributed by atoms with van der Waals surface area (Å²) in [7, 11) is -4.33. The Hall–Kier alpha value is -11.8. The molecule has 0 saturated heterocycles. The number of nitrogens with zero attached hydrogens (tertiary/aromatic N) is 7. The van der Waals surface area contributed by atoms with E-state index in [-0.39, 0.29) is 81.9 Å². The first-order valence-corrected chi connectivity index (χ1v) is 45.4. The number of nitro benzene ring substituents is 3. The number of hydrogen-bond acceptors (Lipinski definition) is 24. The zero-order valence-electron chi connectivity index (χ0n) is 63.8. The first-order chi connectivity index (χ1) is 58.1. The molecular weight excluding hydrogens is 1780 g/mol. The topological polar surface area (TPSA) is 385 Å². The zero-order valence-corrected chi connectivity index (χ0v) is 72.9. The largest absolute Gasteiger partial charge is 0.357 e. The lowest BCUT2D eigenvalue weighted by Gasteiger charge is -2.18. The van der Waals surface area contributed by atoms with E-state index in [4.69, 9.17) is 25.2 Å². The van der Waals surface area contributed by atoms with Gasteiger partial charge >= 0.3 is 22.4 Å². The number of carbonyl (C=O) groups excluding carboxylic acids is 3. The van der Waals surface area contributed by atoms with E-state index in [2.05, 4.69) is 31.6 Å². The number of non-ortho nitro benzene ring substituents is 3. The second-order valence-electron chi connectivity index (χ2n) is 26.5. The summed E-state index contributed by atoms with van der Waals surface area (Å²) in [4.78, 5) is 92.5. The number of thiophene rings is 4. The Kier molecular flexibility index (Phi) is 33.5. The number of nitrogens with one attached hydrogen (secondary N) is 6. The summed E-state index contributed by atoms with van der Waals surface area (Å²) in [6.45, 7) is 0.822. The van der Waals surface area contributed by atoms with Gasteiger partial charge in [0.25, 0.3) is 17.1 Å². The third-order valence-electron chi connectivity index (χ3n) is 17.9. The van der Waals surface area contributed by atoms with Gasteiger partial charge in [0.2, 0.25) is 5.91 Å². The SMILES string of the molecule is Br.N[C@@H](Cc1ccc([N+](=O)[O-])cc1)c1csc(-c2cccs2)n1.O=C(CCc1ccccc1)N[C@@H](Cc1ccc(NS(=O)(=O)O)cc1)c1csc(-c2cccs2)n1.O=C(NCc1ccccc1)N[C@@H](Cc1ccc([N+](=O)[O-])cc1)c1csc(-c2cccs2)n1.O=C(NCc1ccccc1)N[C@@H](Cc1ccc([N+](=O)[O-])cc1)c1csc(-c2cccs2)n1. The molecule has 0 saturated carbocycles. The quantitative estimate of drug-likeness (QED) is 0.0114. The fraction of sp³-hybridized carbons (Fsp3) is 0.141. The smallest absolute Gasteiger partial charge is 0.347 e. The van der Waals surface area contributed by atoms with Crippen LogP contribution in [0.15, 0.2) is 280 Å². The molecule has 0 aliphatic rings.